The standard InChI is InChI=1S/C21H20ClN5O3/c1-13-6-7-18(27(28)29)20(23-13)26-10-8-15(9-11-26)14(2)19-24-21(30-25-19)16-4-3-5-17(22)12-16/h3-7,12H,8-11H2,1-2H3. The van der Waals surface area contributed by atoms with Crippen molar-refractivity contribution in [3.05, 3.63) is 68.6 Å². The Kier molecular flexibility index (Phi) is 5.50. The van der Waals surface area contributed by atoms with Gasteiger partial charge in [0.05, 0.1) is 4.92 Å². The minimum atomic E-state index is -0.380. The van der Waals surface area contributed by atoms with Crippen molar-refractivity contribution in [2.45, 2.75) is 26.7 Å². The first kappa shape index (κ1) is 20.0. The fourth-order valence-electron chi connectivity index (χ4n) is 3.55. The van der Waals surface area contributed by atoms with Crippen molar-refractivity contribution in [2.24, 2.45) is 0 Å². The molecule has 0 N–H and O–H groups in total. The van der Waals surface area contributed by atoms with E-state index >= 15 is 0 Å². The molecule has 3 aromatic rings. The van der Waals surface area contributed by atoms with Gasteiger partial charge in [-0.25, -0.2) is 4.98 Å². The minimum Gasteiger partial charge on any atom is -0.350 e. The van der Waals surface area contributed by atoms with Gasteiger partial charge in [0.15, 0.2) is 5.82 Å². The predicted octanol–water partition coefficient (Wildman–Crippen LogP) is 5.08. The average molecular weight is 426 g/mol. The van der Waals surface area contributed by atoms with E-state index in [0.717, 1.165) is 29.7 Å². The van der Waals surface area contributed by atoms with Crippen molar-refractivity contribution < 1.29 is 9.45 Å². The number of hydrogen-bond acceptors (Lipinski definition) is 7. The fraction of sp³-hybridized carbons (Fsp3) is 0.286. The lowest BCUT2D eigenvalue weighted by Gasteiger charge is -2.29. The lowest BCUT2D eigenvalue weighted by atomic mass is 9.98. The van der Waals surface area contributed by atoms with E-state index in [2.05, 4.69) is 15.1 Å². The topological polar surface area (TPSA) is 98.2 Å². The molecule has 1 fully saturated rings. The number of aromatic nitrogens is 3. The number of allylic oxidation sites excluding steroid dienone is 1. The summed E-state index contributed by atoms with van der Waals surface area (Å²) in [6, 6.07) is 10.4. The molecule has 0 aliphatic carbocycles. The second-order valence-corrected chi connectivity index (χ2v) is 7.64. The molecule has 0 spiro atoms. The number of piperidine rings is 1. The smallest absolute Gasteiger partial charge is 0.311 e. The van der Waals surface area contributed by atoms with E-state index in [9.17, 15) is 10.1 Å². The lowest BCUT2D eigenvalue weighted by Crippen LogP contribution is -2.32. The molecule has 1 saturated heterocycles. The molecule has 30 heavy (non-hydrogen) atoms. The van der Waals surface area contributed by atoms with Gasteiger partial charge in [-0.05, 0) is 56.5 Å². The molecule has 0 saturated carbocycles. The highest BCUT2D eigenvalue weighted by Gasteiger charge is 2.25. The largest absolute Gasteiger partial charge is 0.350 e. The summed E-state index contributed by atoms with van der Waals surface area (Å²) in [4.78, 5) is 21.9. The maximum Gasteiger partial charge on any atom is 0.311 e. The first-order chi connectivity index (χ1) is 14.4. The van der Waals surface area contributed by atoms with Crippen molar-refractivity contribution >= 4 is 28.7 Å². The molecule has 8 nitrogen and oxygen atoms in total. The molecule has 0 unspecified atom stereocenters. The van der Waals surface area contributed by atoms with Gasteiger partial charge in [0.2, 0.25) is 5.82 Å². The Hall–Kier alpha value is -3.26. The second-order valence-electron chi connectivity index (χ2n) is 7.20. The van der Waals surface area contributed by atoms with Gasteiger partial charge in [0.1, 0.15) is 0 Å². The summed E-state index contributed by atoms with van der Waals surface area (Å²) in [5, 5.41) is 16.1. The summed E-state index contributed by atoms with van der Waals surface area (Å²) in [5.74, 6) is 1.40. The summed E-state index contributed by atoms with van der Waals surface area (Å²) < 4.78 is 5.41. The van der Waals surface area contributed by atoms with Crippen molar-refractivity contribution in [3.63, 3.8) is 0 Å². The zero-order chi connectivity index (χ0) is 21.3. The van der Waals surface area contributed by atoms with Crippen LogP contribution in [0.25, 0.3) is 17.0 Å². The molecule has 0 radical (unpaired) electrons. The molecule has 3 heterocycles. The van der Waals surface area contributed by atoms with Crippen molar-refractivity contribution in [3.8, 4) is 11.5 Å². The van der Waals surface area contributed by atoms with Crippen LogP contribution >= 0.6 is 11.6 Å². The minimum absolute atomic E-state index is 0.0362. The van der Waals surface area contributed by atoms with Gasteiger partial charge >= 0.3 is 5.69 Å². The van der Waals surface area contributed by atoms with E-state index in [4.69, 9.17) is 16.1 Å². The third kappa shape index (κ3) is 4.04. The molecule has 9 heteroatoms. The molecular weight excluding hydrogens is 406 g/mol. The van der Waals surface area contributed by atoms with Crippen LogP contribution in [-0.4, -0.2) is 33.1 Å². The number of benzene rings is 1. The Morgan fingerprint density at radius 3 is 2.67 bits per heavy atom. The summed E-state index contributed by atoms with van der Waals surface area (Å²) in [6.45, 7) is 5.09. The van der Waals surface area contributed by atoms with Crippen molar-refractivity contribution in [2.75, 3.05) is 18.0 Å². The summed E-state index contributed by atoms with van der Waals surface area (Å²) in [6.07, 6.45) is 1.50. The van der Waals surface area contributed by atoms with Gasteiger partial charge in [0.25, 0.3) is 5.89 Å². The SMILES string of the molecule is CC(=C1CCN(c2nc(C)ccc2[N+](=O)[O-])CC1)c1noc(-c2cccc(Cl)c2)n1. The van der Waals surface area contributed by atoms with Crippen LogP contribution < -0.4 is 4.90 Å². The molecule has 1 aliphatic rings. The lowest BCUT2D eigenvalue weighted by molar-refractivity contribution is -0.384. The van der Waals surface area contributed by atoms with Gasteiger partial charge in [-0.1, -0.05) is 28.4 Å². The van der Waals surface area contributed by atoms with E-state index in [-0.39, 0.29) is 10.6 Å². The second kappa shape index (κ2) is 8.23. The van der Waals surface area contributed by atoms with Crippen LogP contribution in [0.2, 0.25) is 5.02 Å². The van der Waals surface area contributed by atoms with Gasteiger partial charge in [-0.2, -0.15) is 4.98 Å². The Labute approximate surface area is 178 Å². The van der Waals surface area contributed by atoms with E-state index in [1.165, 1.54) is 11.6 Å². The van der Waals surface area contributed by atoms with Crippen LogP contribution in [-0.2, 0) is 0 Å². The van der Waals surface area contributed by atoms with Gasteiger partial charge in [-0.3, -0.25) is 10.1 Å². The van der Waals surface area contributed by atoms with Crippen LogP contribution in [0.5, 0.6) is 0 Å². The van der Waals surface area contributed by atoms with E-state index < -0.39 is 0 Å². The number of anilines is 1. The maximum absolute atomic E-state index is 11.4. The zero-order valence-corrected chi connectivity index (χ0v) is 17.4. The quantitative estimate of drug-likeness (QED) is 0.424. The summed E-state index contributed by atoms with van der Waals surface area (Å²) >= 11 is 6.04. The molecule has 154 valence electrons. The predicted molar refractivity (Wildman–Crippen MR) is 114 cm³/mol. The molecule has 1 aromatic carbocycles. The van der Waals surface area contributed by atoms with Crippen LogP contribution in [0.3, 0.4) is 0 Å². The highest BCUT2D eigenvalue weighted by atomic mass is 35.5. The fourth-order valence-corrected chi connectivity index (χ4v) is 3.74. The van der Waals surface area contributed by atoms with Crippen LogP contribution in [0.1, 0.15) is 31.3 Å². The average Bonchev–Trinajstić information content (AvgIpc) is 3.23. The van der Waals surface area contributed by atoms with Crippen LogP contribution in [0, 0.1) is 17.0 Å². The number of nitro groups is 1. The van der Waals surface area contributed by atoms with E-state index in [1.54, 1.807) is 18.2 Å². The third-order valence-electron chi connectivity index (χ3n) is 5.22. The first-order valence-electron chi connectivity index (χ1n) is 9.58. The highest BCUT2D eigenvalue weighted by molar-refractivity contribution is 6.30. The molecule has 0 bridgehead atoms. The molecule has 1 aliphatic heterocycles. The number of halogens is 1. The Morgan fingerprint density at radius 1 is 1.20 bits per heavy atom. The molecule has 2 aromatic heterocycles. The van der Waals surface area contributed by atoms with Crippen LogP contribution in [0.4, 0.5) is 11.5 Å². The van der Waals surface area contributed by atoms with Gasteiger partial charge in [0, 0.05) is 35.4 Å². The normalized spacial score (nSPS) is 14.1. The van der Waals surface area contributed by atoms with E-state index in [1.807, 2.05) is 30.9 Å². The molecule has 4 rings (SSSR count). The number of aryl methyl sites for hydroxylation is 1. The van der Waals surface area contributed by atoms with Crippen molar-refractivity contribution in [1.29, 1.82) is 0 Å². The Bertz CT molecular complexity index is 1130. The monoisotopic (exact) mass is 425 g/mol. The Balaban J connectivity index is 1.53. The summed E-state index contributed by atoms with van der Waals surface area (Å²) in [7, 11) is 0. The zero-order valence-electron chi connectivity index (χ0n) is 16.6. The number of pyridine rings is 1. The van der Waals surface area contributed by atoms with E-state index in [0.29, 0.717) is 35.6 Å². The molecule has 0 atom stereocenters. The van der Waals surface area contributed by atoms with Gasteiger partial charge in [-0.15, -0.1) is 0 Å². The highest BCUT2D eigenvalue weighted by Crippen LogP contribution is 2.32. The number of nitrogens with zero attached hydrogens (tertiary/aromatic N) is 5. The molecule has 0 amide bonds. The van der Waals surface area contributed by atoms with Gasteiger partial charge < -0.3 is 9.42 Å². The first-order valence-corrected chi connectivity index (χ1v) is 9.96. The molecular formula is C21H20ClN5O3. The van der Waals surface area contributed by atoms with Crippen LogP contribution in [0.15, 0.2) is 46.5 Å². The number of rotatable bonds is 4. The summed E-state index contributed by atoms with van der Waals surface area (Å²) in [5.41, 5.74) is 3.74. The maximum atomic E-state index is 11.4. The third-order valence-corrected chi connectivity index (χ3v) is 5.46. The number of hydrogen-bond donors (Lipinski definition) is 0. The Morgan fingerprint density at radius 2 is 1.97 bits per heavy atom. The van der Waals surface area contributed by atoms with Crippen molar-refractivity contribution in [1.82, 2.24) is 15.1 Å².